The zero-order valence-electron chi connectivity index (χ0n) is 10.1. The Morgan fingerprint density at radius 2 is 2.29 bits per heavy atom. The molecule has 1 heterocycles. The molecule has 0 radical (unpaired) electrons. The Labute approximate surface area is 98.9 Å². The minimum Gasteiger partial charge on any atom is -0.461 e. The Morgan fingerprint density at radius 3 is 2.82 bits per heavy atom. The molecule has 0 spiro atoms. The molecule has 0 aliphatic rings. The van der Waals surface area contributed by atoms with Crippen molar-refractivity contribution in [2.75, 3.05) is 6.61 Å². The summed E-state index contributed by atoms with van der Waals surface area (Å²) in [5, 5.41) is 15.5. The van der Waals surface area contributed by atoms with Crippen LogP contribution in [0.4, 0.5) is 0 Å². The first-order chi connectivity index (χ1) is 8.01. The van der Waals surface area contributed by atoms with Gasteiger partial charge in [-0.3, -0.25) is 4.68 Å². The molecule has 0 amide bonds. The van der Waals surface area contributed by atoms with E-state index in [0.717, 1.165) is 5.69 Å². The number of hydrogen-bond acceptors (Lipinski definition) is 5. The highest BCUT2D eigenvalue weighted by molar-refractivity contribution is 5.92. The first-order valence-electron chi connectivity index (χ1n) is 5.17. The molecule has 7 nitrogen and oxygen atoms in total. The number of aryl methyl sites for hydroxylation is 1. The Balaban J connectivity index is 3.13. The van der Waals surface area contributed by atoms with E-state index in [4.69, 9.17) is 15.7 Å². The first kappa shape index (κ1) is 13.0. The molecular weight excluding hydrogens is 224 g/mol. The summed E-state index contributed by atoms with van der Waals surface area (Å²) in [6, 6.07) is 0. The van der Waals surface area contributed by atoms with Crippen molar-refractivity contribution in [1.82, 2.24) is 9.78 Å². The van der Waals surface area contributed by atoms with Crippen molar-refractivity contribution in [3.8, 4) is 0 Å². The number of carbonyl (C=O) groups is 1. The third-order valence-electron chi connectivity index (χ3n) is 2.41. The van der Waals surface area contributed by atoms with Crippen molar-refractivity contribution in [2.45, 2.75) is 20.3 Å². The van der Waals surface area contributed by atoms with Crippen molar-refractivity contribution in [3.63, 3.8) is 0 Å². The molecule has 0 aliphatic heterocycles. The van der Waals surface area contributed by atoms with Crippen molar-refractivity contribution < 1.29 is 14.7 Å². The molecule has 7 heteroatoms. The highest BCUT2D eigenvalue weighted by Crippen LogP contribution is 2.14. The third kappa shape index (κ3) is 2.74. The number of nitrogens with two attached hydrogens (primary N) is 1. The van der Waals surface area contributed by atoms with Crippen LogP contribution in [0.2, 0.25) is 0 Å². The smallest absolute Gasteiger partial charge is 0.359 e. The zero-order chi connectivity index (χ0) is 13.0. The summed E-state index contributed by atoms with van der Waals surface area (Å²) >= 11 is 0. The van der Waals surface area contributed by atoms with Crippen LogP contribution in [0.15, 0.2) is 5.16 Å². The maximum absolute atomic E-state index is 11.7. The summed E-state index contributed by atoms with van der Waals surface area (Å²) in [6.45, 7) is 3.80. The number of esters is 1. The van der Waals surface area contributed by atoms with Crippen LogP contribution in [0.3, 0.4) is 0 Å². The molecular formula is C10H16N4O3. The number of nitrogens with zero attached hydrogens (tertiary/aromatic N) is 3. The van der Waals surface area contributed by atoms with Crippen LogP contribution in [-0.4, -0.2) is 33.4 Å². The van der Waals surface area contributed by atoms with Gasteiger partial charge in [-0.2, -0.15) is 5.10 Å². The highest BCUT2D eigenvalue weighted by atomic mass is 16.5. The van der Waals surface area contributed by atoms with Gasteiger partial charge in [0, 0.05) is 24.7 Å². The number of rotatable bonds is 4. The lowest BCUT2D eigenvalue weighted by molar-refractivity contribution is 0.0517. The summed E-state index contributed by atoms with van der Waals surface area (Å²) in [5.41, 5.74) is 7.03. The monoisotopic (exact) mass is 240 g/mol. The SMILES string of the molecule is CCOC(=O)c1nn(C)c(C)c1C/C(N)=N/O. The van der Waals surface area contributed by atoms with Crippen LogP contribution in [0.1, 0.15) is 28.7 Å². The van der Waals surface area contributed by atoms with Gasteiger partial charge in [-0.05, 0) is 13.8 Å². The lowest BCUT2D eigenvalue weighted by Crippen LogP contribution is -2.17. The molecule has 0 fully saturated rings. The predicted octanol–water partition coefficient (Wildman–Crippen LogP) is 0.194. The van der Waals surface area contributed by atoms with Crippen LogP contribution in [-0.2, 0) is 18.2 Å². The fourth-order valence-electron chi connectivity index (χ4n) is 1.44. The van der Waals surface area contributed by atoms with E-state index in [9.17, 15) is 4.79 Å². The van der Waals surface area contributed by atoms with Gasteiger partial charge in [-0.1, -0.05) is 5.16 Å². The molecule has 17 heavy (non-hydrogen) atoms. The second kappa shape index (κ2) is 5.33. The van der Waals surface area contributed by atoms with Gasteiger partial charge in [0.2, 0.25) is 0 Å². The van der Waals surface area contributed by atoms with Gasteiger partial charge >= 0.3 is 5.97 Å². The number of aromatic nitrogens is 2. The molecule has 0 aromatic carbocycles. The maximum atomic E-state index is 11.7. The third-order valence-corrected chi connectivity index (χ3v) is 2.41. The lowest BCUT2D eigenvalue weighted by atomic mass is 10.1. The Morgan fingerprint density at radius 1 is 1.65 bits per heavy atom. The number of ether oxygens (including phenoxy) is 1. The maximum Gasteiger partial charge on any atom is 0.359 e. The molecule has 0 unspecified atom stereocenters. The van der Waals surface area contributed by atoms with Crippen LogP contribution in [0.5, 0.6) is 0 Å². The van der Waals surface area contributed by atoms with E-state index < -0.39 is 5.97 Å². The predicted molar refractivity (Wildman–Crippen MR) is 61.0 cm³/mol. The molecule has 0 saturated carbocycles. The Bertz CT molecular complexity index is 451. The standard InChI is InChI=1S/C10H16N4O3/c1-4-17-10(15)9-7(5-8(11)13-16)6(2)14(3)12-9/h16H,4-5H2,1-3H3,(H2,11,13). The number of hydrogen-bond donors (Lipinski definition) is 2. The van der Waals surface area contributed by atoms with Crippen LogP contribution in [0, 0.1) is 6.92 Å². The summed E-state index contributed by atoms with van der Waals surface area (Å²) in [5.74, 6) is -0.483. The van der Waals surface area contributed by atoms with Crippen LogP contribution >= 0.6 is 0 Å². The van der Waals surface area contributed by atoms with E-state index in [2.05, 4.69) is 10.3 Å². The Kier molecular flexibility index (Phi) is 4.08. The number of amidine groups is 1. The summed E-state index contributed by atoms with van der Waals surface area (Å²) in [7, 11) is 1.72. The minimum atomic E-state index is -0.503. The van der Waals surface area contributed by atoms with E-state index in [0.29, 0.717) is 5.56 Å². The highest BCUT2D eigenvalue weighted by Gasteiger charge is 2.21. The fraction of sp³-hybridized carbons (Fsp3) is 0.500. The second-order valence-electron chi connectivity index (χ2n) is 3.52. The van der Waals surface area contributed by atoms with E-state index in [-0.39, 0.29) is 24.6 Å². The van der Waals surface area contributed by atoms with Gasteiger partial charge in [-0.15, -0.1) is 0 Å². The van der Waals surface area contributed by atoms with Crippen molar-refractivity contribution in [1.29, 1.82) is 0 Å². The summed E-state index contributed by atoms with van der Waals surface area (Å²) in [4.78, 5) is 11.7. The van der Waals surface area contributed by atoms with E-state index in [1.165, 1.54) is 0 Å². The first-order valence-corrected chi connectivity index (χ1v) is 5.17. The van der Waals surface area contributed by atoms with Gasteiger partial charge in [-0.25, -0.2) is 4.79 Å². The molecule has 1 aromatic heterocycles. The van der Waals surface area contributed by atoms with Crippen molar-refractivity contribution >= 4 is 11.8 Å². The van der Waals surface area contributed by atoms with Gasteiger partial charge in [0.25, 0.3) is 0 Å². The topological polar surface area (TPSA) is 103 Å². The molecule has 1 rings (SSSR count). The quantitative estimate of drug-likeness (QED) is 0.257. The van der Waals surface area contributed by atoms with Crippen LogP contribution in [0.25, 0.3) is 0 Å². The van der Waals surface area contributed by atoms with Gasteiger partial charge in [0.05, 0.1) is 6.61 Å². The molecule has 1 aromatic rings. The lowest BCUT2D eigenvalue weighted by Gasteiger charge is -2.02. The summed E-state index contributed by atoms with van der Waals surface area (Å²) < 4.78 is 6.46. The Hall–Kier alpha value is -2.05. The largest absolute Gasteiger partial charge is 0.461 e. The molecule has 0 atom stereocenters. The van der Waals surface area contributed by atoms with Crippen LogP contribution < -0.4 is 5.73 Å². The van der Waals surface area contributed by atoms with E-state index in [1.54, 1.807) is 25.6 Å². The van der Waals surface area contributed by atoms with Gasteiger partial charge < -0.3 is 15.7 Å². The summed E-state index contributed by atoms with van der Waals surface area (Å²) in [6.07, 6.45) is 0.157. The van der Waals surface area contributed by atoms with Crippen molar-refractivity contribution in [2.24, 2.45) is 17.9 Å². The zero-order valence-corrected chi connectivity index (χ0v) is 10.1. The molecule has 0 saturated heterocycles. The average molecular weight is 240 g/mol. The fourth-order valence-corrected chi connectivity index (χ4v) is 1.44. The molecule has 0 aliphatic carbocycles. The minimum absolute atomic E-state index is 0.0200. The normalized spacial score (nSPS) is 11.6. The van der Waals surface area contributed by atoms with Crippen molar-refractivity contribution in [3.05, 3.63) is 17.0 Å². The second-order valence-corrected chi connectivity index (χ2v) is 3.52. The molecule has 3 N–H and O–H groups in total. The number of carbonyl (C=O) groups excluding carboxylic acids is 1. The average Bonchev–Trinajstić information content (AvgIpc) is 2.57. The van der Waals surface area contributed by atoms with E-state index >= 15 is 0 Å². The molecule has 94 valence electrons. The molecule has 0 bridgehead atoms. The van der Waals surface area contributed by atoms with Gasteiger partial charge in [0.15, 0.2) is 5.69 Å². The van der Waals surface area contributed by atoms with Gasteiger partial charge in [0.1, 0.15) is 5.84 Å². The van der Waals surface area contributed by atoms with E-state index in [1.807, 2.05) is 0 Å². The number of oxime groups is 1.